The Hall–Kier alpha value is -3.26. The number of alkyl halides is 3. The zero-order valence-electron chi connectivity index (χ0n) is 14.8. The van der Waals surface area contributed by atoms with E-state index in [2.05, 4.69) is 4.98 Å². The molecule has 0 unspecified atom stereocenters. The van der Waals surface area contributed by atoms with Crippen LogP contribution in [0.4, 0.5) is 13.2 Å². The van der Waals surface area contributed by atoms with Crippen LogP contribution < -0.4 is 10.3 Å². The van der Waals surface area contributed by atoms with E-state index in [1.54, 1.807) is 0 Å². The van der Waals surface area contributed by atoms with E-state index in [0.29, 0.717) is 0 Å². The second kappa shape index (κ2) is 7.63. The van der Waals surface area contributed by atoms with E-state index in [1.165, 1.54) is 25.3 Å². The lowest BCUT2D eigenvalue weighted by Crippen LogP contribution is -2.13. The zero-order chi connectivity index (χ0) is 21.3. The molecule has 0 aliphatic rings. The van der Waals surface area contributed by atoms with Crippen molar-refractivity contribution in [3.05, 3.63) is 69.0 Å². The van der Waals surface area contributed by atoms with Crippen molar-refractivity contribution in [1.82, 2.24) is 4.98 Å². The van der Waals surface area contributed by atoms with Crippen LogP contribution in [0.15, 0.2) is 47.3 Å². The van der Waals surface area contributed by atoms with Gasteiger partial charge in [-0.05, 0) is 42.5 Å². The summed E-state index contributed by atoms with van der Waals surface area (Å²) < 4.78 is 45.1. The molecule has 0 amide bonds. The van der Waals surface area contributed by atoms with Gasteiger partial charge in [-0.3, -0.25) is 4.79 Å². The van der Waals surface area contributed by atoms with E-state index >= 15 is 0 Å². The molecule has 9 heteroatoms. The van der Waals surface area contributed by atoms with Gasteiger partial charge in [0.05, 0.1) is 12.7 Å². The minimum absolute atomic E-state index is 0.0602. The number of carboxylic acid groups (broad SMARTS) is 1. The molecule has 0 bridgehead atoms. The van der Waals surface area contributed by atoms with Crippen LogP contribution in [0, 0.1) is 0 Å². The number of ether oxygens (including phenoxy) is 1. The van der Waals surface area contributed by atoms with E-state index < -0.39 is 23.3 Å². The van der Waals surface area contributed by atoms with Crippen LogP contribution in [0.5, 0.6) is 5.75 Å². The average Bonchev–Trinajstić information content (AvgIpc) is 2.64. The van der Waals surface area contributed by atoms with Crippen LogP contribution in [-0.2, 0) is 11.0 Å². The molecule has 2 aromatic carbocycles. The Balaban J connectivity index is 2.51. The summed E-state index contributed by atoms with van der Waals surface area (Å²) in [6.45, 7) is 0. The molecule has 5 nitrogen and oxygen atoms in total. The van der Waals surface area contributed by atoms with Gasteiger partial charge in [0.2, 0.25) is 0 Å². The minimum atomic E-state index is -4.61. The number of benzene rings is 2. The van der Waals surface area contributed by atoms with E-state index in [1.807, 2.05) is 0 Å². The second-order valence-corrected chi connectivity index (χ2v) is 6.45. The van der Waals surface area contributed by atoms with E-state index in [0.717, 1.165) is 30.4 Å². The van der Waals surface area contributed by atoms with E-state index in [4.69, 9.17) is 21.4 Å². The summed E-state index contributed by atoms with van der Waals surface area (Å²) in [6.07, 6.45) is -2.86. The number of halogens is 4. The van der Waals surface area contributed by atoms with Gasteiger partial charge in [-0.1, -0.05) is 11.6 Å². The quantitative estimate of drug-likeness (QED) is 0.580. The number of rotatable bonds is 4. The number of carboxylic acids is 1. The minimum Gasteiger partial charge on any atom is -0.496 e. The SMILES string of the molecule is COc1ccc(Cl)cc1-c1c(/C=C/C(=O)O)c(=O)[nH]c2ccc(C(F)(F)F)cc12. The third-order valence-electron chi connectivity index (χ3n) is 4.20. The molecule has 0 spiro atoms. The summed E-state index contributed by atoms with van der Waals surface area (Å²) in [6, 6.07) is 7.34. The standard InChI is InChI=1S/C20H13ClF3NO4/c1-29-16-6-3-11(21)9-14(16)18-12(4-7-17(26)27)19(28)25-15-5-2-10(8-13(15)18)20(22,23)24/h2-9H,1H3,(H,25,28)(H,26,27)/b7-4+. The number of carbonyl (C=O) groups is 1. The first-order valence-electron chi connectivity index (χ1n) is 8.14. The molecule has 0 fully saturated rings. The number of pyridine rings is 1. The molecule has 0 atom stereocenters. The topological polar surface area (TPSA) is 79.4 Å². The summed E-state index contributed by atoms with van der Waals surface area (Å²) >= 11 is 6.06. The third-order valence-corrected chi connectivity index (χ3v) is 4.44. The van der Waals surface area contributed by atoms with Crippen molar-refractivity contribution in [3.8, 4) is 16.9 Å². The Kier molecular flexibility index (Phi) is 5.39. The summed E-state index contributed by atoms with van der Waals surface area (Å²) in [4.78, 5) is 26.1. The van der Waals surface area contributed by atoms with Gasteiger partial charge in [-0.15, -0.1) is 0 Å². The maximum absolute atomic E-state index is 13.3. The number of hydrogen-bond acceptors (Lipinski definition) is 3. The molecule has 3 aromatic rings. The number of aliphatic carboxylic acids is 1. The third kappa shape index (κ3) is 4.12. The number of hydrogen-bond donors (Lipinski definition) is 2. The molecule has 0 aliphatic heterocycles. The molecule has 0 saturated carbocycles. The van der Waals surface area contributed by atoms with Gasteiger partial charge in [0.15, 0.2) is 0 Å². The molecule has 0 radical (unpaired) electrons. The first kappa shape index (κ1) is 20.5. The maximum atomic E-state index is 13.3. The van der Waals surface area contributed by atoms with Gasteiger partial charge in [-0.25, -0.2) is 4.79 Å². The van der Waals surface area contributed by atoms with Gasteiger partial charge in [0.1, 0.15) is 5.75 Å². The van der Waals surface area contributed by atoms with Crippen LogP contribution in [0.1, 0.15) is 11.1 Å². The molecular weight excluding hydrogens is 411 g/mol. The number of H-pyrrole nitrogens is 1. The van der Waals surface area contributed by atoms with Crippen LogP contribution in [0.25, 0.3) is 28.1 Å². The molecule has 150 valence electrons. The van der Waals surface area contributed by atoms with Gasteiger partial charge >= 0.3 is 12.1 Å². The van der Waals surface area contributed by atoms with Crippen LogP contribution in [-0.4, -0.2) is 23.2 Å². The smallest absolute Gasteiger partial charge is 0.416 e. The summed E-state index contributed by atoms with van der Waals surface area (Å²) in [7, 11) is 1.36. The molecule has 1 aromatic heterocycles. The van der Waals surface area contributed by atoms with Crippen LogP contribution in [0.3, 0.4) is 0 Å². The van der Waals surface area contributed by atoms with Crippen molar-refractivity contribution >= 4 is 34.5 Å². The number of fused-ring (bicyclic) bond motifs is 1. The highest BCUT2D eigenvalue weighted by molar-refractivity contribution is 6.31. The fourth-order valence-electron chi connectivity index (χ4n) is 2.96. The Morgan fingerprint density at radius 3 is 2.55 bits per heavy atom. The predicted molar refractivity (Wildman–Crippen MR) is 103 cm³/mol. The summed E-state index contributed by atoms with van der Waals surface area (Å²) in [5.41, 5.74) is -1.27. The van der Waals surface area contributed by atoms with Gasteiger partial charge in [0, 0.05) is 38.7 Å². The zero-order valence-corrected chi connectivity index (χ0v) is 15.6. The maximum Gasteiger partial charge on any atom is 0.416 e. The molecule has 29 heavy (non-hydrogen) atoms. The molecule has 2 N–H and O–H groups in total. The number of methoxy groups -OCH3 is 1. The van der Waals surface area contributed by atoms with Crippen molar-refractivity contribution in [1.29, 1.82) is 0 Å². The molecular formula is C20H13ClF3NO4. The largest absolute Gasteiger partial charge is 0.496 e. The number of aromatic nitrogens is 1. The van der Waals surface area contributed by atoms with Crippen molar-refractivity contribution in [2.45, 2.75) is 6.18 Å². The molecule has 0 saturated heterocycles. The van der Waals surface area contributed by atoms with Crippen LogP contribution >= 0.6 is 11.6 Å². The van der Waals surface area contributed by atoms with Gasteiger partial charge in [-0.2, -0.15) is 13.2 Å². The van der Waals surface area contributed by atoms with Gasteiger partial charge < -0.3 is 14.8 Å². The normalized spacial score (nSPS) is 11.9. The lowest BCUT2D eigenvalue weighted by Gasteiger charge is -2.16. The lowest BCUT2D eigenvalue weighted by molar-refractivity contribution is -0.137. The Bertz CT molecular complexity index is 1200. The first-order valence-corrected chi connectivity index (χ1v) is 8.51. The highest BCUT2D eigenvalue weighted by atomic mass is 35.5. The van der Waals surface area contributed by atoms with Crippen molar-refractivity contribution in [3.63, 3.8) is 0 Å². The fourth-order valence-corrected chi connectivity index (χ4v) is 3.14. The Labute approximate surface area is 167 Å². The predicted octanol–water partition coefficient (Wildman–Crippen LogP) is 4.97. The van der Waals surface area contributed by atoms with E-state index in [9.17, 15) is 22.8 Å². The van der Waals surface area contributed by atoms with Crippen molar-refractivity contribution < 1.29 is 27.8 Å². The Morgan fingerprint density at radius 2 is 1.93 bits per heavy atom. The fraction of sp³-hybridized carbons (Fsp3) is 0.100. The number of aromatic amines is 1. The Morgan fingerprint density at radius 1 is 1.21 bits per heavy atom. The molecule has 0 aliphatic carbocycles. The summed E-state index contributed by atoms with van der Waals surface area (Å²) in [5.74, 6) is -1.07. The average molecular weight is 424 g/mol. The molecule has 3 rings (SSSR count). The van der Waals surface area contributed by atoms with Gasteiger partial charge in [0.25, 0.3) is 5.56 Å². The highest BCUT2D eigenvalue weighted by Gasteiger charge is 2.31. The highest BCUT2D eigenvalue weighted by Crippen LogP contribution is 2.40. The van der Waals surface area contributed by atoms with Crippen molar-refractivity contribution in [2.24, 2.45) is 0 Å². The summed E-state index contributed by atoms with van der Waals surface area (Å²) in [5, 5.41) is 9.26. The second-order valence-electron chi connectivity index (χ2n) is 6.02. The van der Waals surface area contributed by atoms with E-state index in [-0.39, 0.29) is 38.4 Å². The lowest BCUT2D eigenvalue weighted by atomic mass is 9.94. The van der Waals surface area contributed by atoms with Crippen molar-refractivity contribution in [2.75, 3.05) is 7.11 Å². The first-order chi connectivity index (χ1) is 13.6. The number of nitrogens with one attached hydrogen (secondary N) is 1. The monoisotopic (exact) mass is 423 g/mol. The molecule has 1 heterocycles. The van der Waals surface area contributed by atoms with Crippen LogP contribution in [0.2, 0.25) is 5.02 Å².